The fraction of sp³-hybridized carbons (Fsp3) is 0.143. The SMILES string of the molecule is CC(C)c1cccc(C(C)C)c1-c1cc(Oc2[c-]c3c(cc2)c2c4oc5ccccc5c4ccc2n3-c2cc(C(C)(C)C)ccn2)[c-]c(N2[CH-]N(c3c(-c4ccccc4)cccc3-c3ccccc3)c3ccccc32)c1.[Pt]. The maximum atomic E-state index is 7.18. The molecule has 1 aliphatic rings. The van der Waals surface area contributed by atoms with Crippen LogP contribution in [0.5, 0.6) is 11.5 Å². The van der Waals surface area contributed by atoms with E-state index in [-0.39, 0.29) is 38.3 Å². The molecule has 9 aromatic carbocycles. The first kappa shape index (κ1) is 49.7. The molecule has 13 rings (SSSR count). The normalized spacial score (nSPS) is 12.6. The van der Waals surface area contributed by atoms with Gasteiger partial charge in [-0.1, -0.05) is 187 Å². The fourth-order valence-electron chi connectivity index (χ4n) is 11.3. The number of rotatable bonds is 10. The zero-order valence-corrected chi connectivity index (χ0v) is 46.5. The van der Waals surface area contributed by atoms with Gasteiger partial charge in [0.1, 0.15) is 17.0 Å². The number of ether oxygens (including phenoxy) is 1. The number of fused-ring (bicyclic) bond motifs is 8. The van der Waals surface area contributed by atoms with E-state index in [1.807, 2.05) is 24.4 Å². The summed E-state index contributed by atoms with van der Waals surface area (Å²) in [6, 6.07) is 76.6. The van der Waals surface area contributed by atoms with Gasteiger partial charge in [0.05, 0.1) is 0 Å². The van der Waals surface area contributed by atoms with E-state index >= 15 is 0 Å². The van der Waals surface area contributed by atoms with Crippen molar-refractivity contribution in [3.63, 3.8) is 0 Å². The molecular weight excluding hydrogens is 1120 g/mol. The minimum atomic E-state index is -0.0948. The van der Waals surface area contributed by atoms with Gasteiger partial charge < -0.3 is 23.5 Å². The number of anilines is 4. The van der Waals surface area contributed by atoms with Crippen LogP contribution in [-0.4, -0.2) is 9.55 Å². The van der Waals surface area contributed by atoms with E-state index in [9.17, 15) is 0 Å². The third kappa shape index (κ3) is 8.69. The molecule has 0 aliphatic carbocycles. The van der Waals surface area contributed by atoms with Crippen molar-refractivity contribution in [2.75, 3.05) is 9.80 Å². The third-order valence-corrected chi connectivity index (χ3v) is 15.0. The molecule has 7 heteroatoms. The summed E-state index contributed by atoms with van der Waals surface area (Å²) in [5.74, 6) is 2.47. The molecule has 0 bridgehead atoms. The number of nitrogens with zero attached hydrogens (tertiary/aromatic N) is 4. The summed E-state index contributed by atoms with van der Waals surface area (Å²) in [4.78, 5) is 9.64. The quantitative estimate of drug-likeness (QED) is 0.128. The summed E-state index contributed by atoms with van der Waals surface area (Å²) in [7, 11) is 0. The average molecular weight is 1180 g/mol. The van der Waals surface area contributed by atoms with Gasteiger partial charge in [-0.3, -0.25) is 0 Å². The zero-order valence-electron chi connectivity index (χ0n) is 44.2. The summed E-state index contributed by atoms with van der Waals surface area (Å²) in [6.07, 6.45) is 1.91. The molecule has 0 unspecified atom stereocenters. The molecule has 1 aliphatic heterocycles. The Bertz CT molecular complexity index is 4100. The first-order valence-corrected chi connectivity index (χ1v) is 26.4. The van der Waals surface area contributed by atoms with Crippen LogP contribution < -0.4 is 14.5 Å². The van der Waals surface area contributed by atoms with Crippen LogP contribution in [0.4, 0.5) is 22.7 Å². The summed E-state index contributed by atoms with van der Waals surface area (Å²) >= 11 is 0. The first-order chi connectivity index (χ1) is 37.0. The van der Waals surface area contributed by atoms with Crippen molar-refractivity contribution in [2.24, 2.45) is 0 Å². The number of aromatic nitrogens is 2. The molecule has 4 heterocycles. The van der Waals surface area contributed by atoms with E-state index in [2.05, 4.69) is 258 Å². The van der Waals surface area contributed by atoms with Crippen molar-refractivity contribution in [1.29, 1.82) is 0 Å². The Morgan fingerprint density at radius 2 is 1.18 bits per heavy atom. The van der Waals surface area contributed by atoms with E-state index < -0.39 is 0 Å². The second-order valence-corrected chi connectivity index (χ2v) is 21.6. The maximum absolute atomic E-state index is 7.18. The number of furan rings is 1. The van der Waals surface area contributed by atoms with Crippen LogP contribution in [0.1, 0.15) is 77.0 Å². The number of hydrogen-bond donors (Lipinski definition) is 0. The van der Waals surface area contributed by atoms with Crippen LogP contribution in [0, 0.1) is 18.8 Å². The average Bonchev–Trinajstić information content (AvgIpc) is 4.35. The predicted molar refractivity (Wildman–Crippen MR) is 315 cm³/mol. The van der Waals surface area contributed by atoms with E-state index in [1.165, 1.54) is 22.3 Å². The van der Waals surface area contributed by atoms with Crippen LogP contribution >= 0.6 is 0 Å². The van der Waals surface area contributed by atoms with Gasteiger partial charge in [-0.05, 0) is 98.5 Å². The third-order valence-electron chi connectivity index (χ3n) is 15.0. The minimum Gasteiger partial charge on any atom is -0.509 e. The molecule has 6 nitrogen and oxygen atoms in total. The maximum Gasteiger partial charge on any atom is 0.135 e. The molecule has 77 heavy (non-hydrogen) atoms. The molecule has 0 saturated carbocycles. The molecule has 0 N–H and O–H groups in total. The van der Waals surface area contributed by atoms with Crippen LogP contribution in [0.3, 0.4) is 0 Å². The molecule has 3 aromatic heterocycles. The molecule has 0 fully saturated rings. The number of pyridine rings is 1. The largest absolute Gasteiger partial charge is 0.509 e. The molecule has 0 atom stereocenters. The fourth-order valence-corrected chi connectivity index (χ4v) is 11.3. The minimum absolute atomic E-state index is 0. The van der Waals surface area contributed by atoms with E-state index in [0.717, 1.165) is 100 Å². The van der Waals surface area contributed by atoms with Gasteiger partial charge in [0.2, 0.25) is 0 Å². The van der Waals surface area contributed by atoms with Crippen LogP contribution in [0.2, 0.25) is 0 Å². The Labute approximate surface area is 465 Å². The van der Waals surface area contributed by atoms with Crippen molar-refractivity contribution in [2.45, 2.75) is 65.7 Å². The van der Waals surface area contributed by atoms with Gasteiger partial charge >= 0.3 is 0 Å². The van der Waals surface area contributed by atoms with Gasteiger partial charge in [0.25, 0.3) is 0 Å². The Morgan fingerprint density at radius 3 is 1.86 bits per heavy atom. The zero-order chi connectivity index (χ0) is 51.8. The molecule has 0 radical (unpaired) electrons. The molecule has 12 aromatic rings. The standard InChI is InChI=1S/C70H57N4O2.Pt/c1-44(2)53-25-18-26-54(45(3)4)66(53)48-38-50(72-43-73(61-30-16-15-29-60(61)72)68-55(46-20-10-8-11-21-46)27-19-28-56(68)47-22-12-9-13-23-47)41-52(39-48)75-51-32-33-59-63(42-51)74(65-40-49(36-37-71-65)70(5,6)7)62-35-34-58-57-24-14-17-31-64(57)76-69(58)67(59)62;/h8-40,43-45H,1-7H3;/q-3;. The monoisotopic (exact) mass is 1180 g/mol. The van der Waals surface area contributed by atoms with Crippen molar-refractivity contribution >= 4 is 66.5 Å². The predicted octanol–water partition coefficient (Wildman–Crippen LogP) is 19.4. The molecule has 0 spiro atoms. The van der Waals surface area contributed by atoms with Crippen LogP contribution in [-0.2, 0) is 26.5 Å². The van der Waals surface area contributed by atoms with Crippen LogP contribution in [0.25, 0.3) is 82.9 Å². The van der Waals surface area contributed by atoms with Crippen molar-refractivity contribution in [3.05, 3.63) is 236 Å². The van der Waals surface area contributed by atoms with Crippen molar-refractivity contribution in [1.82, 2.24) is 9.55 Å². The summed E-state index contributed by atoms with van der Waals surface area (Å²) < 4.78 is 16.1. The van der Waals surface area contributed by atoms with Crippen LogP contribution in [0.15, 0.2) is 205 Å². The number of para-hydroxylation sites is 4. The second-order valence-electron chi connectivity index (χ2n) is 21.6. The molecule has 0 amide bonds. The molecule has 382 valence electrons. The van der Waals surface area contributed by atoms with Gasteiger partial charge in [-0.2, -0.15) is 6.07 Å². The topological polar surface area (TPSA) is 46.7 Å². The first-order valence-electron chi connectivity index (χ1n) is 26.4. The second kappa shape index (κ2) is 19.8. The van der Waals surface area contributed by atoms with Gasteiger partial charge in [0.15, 0.2) is 0 Å². The Kier molecular flexibility index (Phi) is 12.7. The van der Waals surface area contributed by atoms with Gasteiger partial charge in [-0.15, -0.1) is 48.3 Å². The summed E-state index contributed by atoms with van der Waals surface area (Å²) in [5, 5.41) is 4.16. The Hall–Kier alpha value is -8.18. The summed E-state index contributed by atoms with van der Waals surface area (Å²) in [6.45, 7) is 18.0. The van der Waals surface area contributed by atoms with E-state index in [0.29, 0.717) is 11.5 Å². The smallest absolute Gasteiger partial charge is 0.135 e. The van der Waals surface area contributed by atoms with E-state index in [4.69, 9.17) is 14.1 Å². The van der Waals surface area contributed by atoms with Crippen molar-refractivity contribution < 1.29 is 30.2 Å². The van der Waals surface area contributed by atoms with Crippen molar-refractivity contribution in [3.8, 4) is 50.7 Å². The molecule has 0 saturated heterocycles. The van der Waals surface area contributed by atoms with Gasteiger partial charge in [-0.25, -0.2) is 4.98 Å². The van der Waals surface area contributed by atoms with Gasteiger partial charge in [0, 0.05) is 83.2 Å². The number of benzene rings is 9. The number of hydrogen-bond acceptors (Lipinski definition) is 5. The Morgan fingerprint density at radius 1 is 0.558 bits per heavy atom. The van der Waals surface area contributed by atoms with E-state index in [1.54, 1.807) is 0 Å². The summed E-state index contributed by atoms with van der Waals surface area (Å²) in [5.41, 5.74) is 18.0. The Balaban J connectivity index is 0.00000596. The molecular formula is C70H57N4O2Pt-3.